The van der Waals surface area contributed by atoms with Crippen LogP contribution in [0.25, 0.3) is 9.40 Å². The molecule has 1 fully saturated rings. The van der Waals surface area contributed by atoms with Gasteiger partial charge in [0.15, 0.2) is 0 Å². The Morgan fingerprint density at radius 1 is 1.47 bits per heavy atom. The van der Waals surface area contributed by atoms with Gasteiger partial charge >= 0.3 is 0 Å². The standard InChI is InChI=1S/C13H18N2S2/c1-8(2)9-6-10-11(16-9)12(15-17-10)13(7-14)4-3-5-13/h6,8H,3-5,7,14H2,1-2H3. The molecule has 1 aliphatic carbocycles. The minimum absolute atomic E-state index is 0.206. The molecule has 2 aromatic rings. The third kappa shape index (κ3) is 1.65. The molecule has 0 aromatic carbocycles. The lowest BCUT2D eigenvalue weighted by molar-refractivity contribution is 0.250. The third-order valence-electron chi connectivity index (χ3n) is 3.94. The van der Waals surface area contributed by atoms with Crippen molar-refractivity contribution in [1.29, 1.82) is 0 Å². The number of hydrogen-bond acceptors (Lipinski definition) is 4. The van der Waals surface area contributed by atoms with Crippen LogP contribution in [0.1, 0.15) is 49.6 Å². The number of thiophene rings is 1. The molecule has 1 aliphatic rings. The number of nitrogens with two attached hydrogens (primary N) is 1. The van der Waals surface area contributed by atoms with Gasteiger partial charge in [-0.05, 0) is 36.4 Å². The van der Waals surface area contributed by atoms with Crippen LogP contribution in [-0.4, -0.2) is 10.9 Å². The van der Waals surface area contributed by atoms with Crippen molar-refractivity contribution in [2.75, 3.05) is 6.54 Å². The molecule has 0 aliphatic heterocycles. The molecule has 0 unspecified atom stereocenters. The third-order valence-corrected chi connectivity index (χ3v) is 6.30. The first-order valence-corrected chi connectivity index (χ1v) is 7.85. The topological polar surface area (TPSA) is 38.9 Å². The molecule has 2 heterocycles. The zero-order valence-electron chi connectivity index (χ0n) is 10.3. The summed E-state index contributed by atoms with van der Waals surface area (Å²) in [5.74, 6) is 0.614. The van der Waals surface area contributed by atoms with E-state index in [9.17, 15) is 0 Å². The predicted octanol–water partition coefficient (Wildman–Crippen LogP) is 3.86. The first-order chi connectivity index (χ1) is 8.16. The van der Waals surface area contributed by atoms with Gasteiger partial charge in [-0.25, -0.2) is 0 Å². The van der Waals surface area contributed by atoms with E-state index in [2.05, 4.69) is 19.9 Å². The van der Waals surface area contributed by atoms with Crippen LogP contribution < -0.4 is 5.73 Å². The summed E-state index contributed by atoms with van der Waals surface area (Å²) in [6.45, 7) is 5.26. The fourth-order valence-corrected chi connectivity index (χ4v) is 4.89. The second-order valence-corrected chi connectivity index (χ2v) is 7.25. The highest BCUT2D eigenvalue weighted by Gasteiger charge is 2.41. The van der Waals surface area contributed by atoms with Gasteiger partial charge in [-0.3, -0.25) is 0 Å². The highest BCUT2D eigenvalue weighted by molar-refractivity contribution is 7.25. The van der Waals surface area contributed by atoms with E-state index in [1.54, 1.807) is 11.5 Å². The van der Waals surface area contributed by atoms with Gasteiger partial charge in [-0.15, -0.1) is 11.3 Å². The van der Waals surface area contributed by atoms with Crippen LogP contribution >= 0.6 is 22.9 Å². The van der Waals surface area contributed by atoms with Gasteiger partial charge in [0.2, 0.25) is 0 Å². The Labute approximate surface area is 110 Å². The first kappa shape index (κ1) is 11.6. The van der Waals surface area contributed by atoms with Crippen LogP contribution in [0.5, 0.6) is 0 Å². The molecule has 2 aromatic heterocycles. The summed E-state index contributed by atoms with van der Waals surface area (Å²) in [6, 6.07) is 2.31. The van der Waals surface area contributed by atoms with Crippen molar-refractivity contribution in [3.8, 4) is 0 Å². The Morgan fingerprint density at radius 3 is 2.76 bits per heavy atom. The Balaban J connectivity index is 2.10. The van der Waals surface area contributed by atoms with Gasteiger partial charge in [-0.2, -0.15) is 4.37 Å². The maximum absolute atomic E-state index is 5.99. The summed E-state index contributed by atoms with van der Waals surface area (Å²) in [5, 5.41) is 0. The molecule has 1 saturated carbocycles. The molecule has 2 N–H and O–H groups in total. The van der Waals surface area contributed by atoms with Crippen molar-refractivity contribution in [2.24, 2.45) is 5.73 Å². The molecule has 92 valence electrons. The maximum Gasteiger partial charge on any atom is 0.0794 e. The molecular formula is C13H18N2S2. The zero-order valence-corrected chi connectivity index (χ0v) is 12.0. The number of nitrogens with zero attached hydrogens (tertiary/aromatic N) is 1. The molecule has 0 saturated heterocycles. The van der Waals surface area contributed by atoms with Gasteiger partial charge in [-0.1, -0.05) is 20.3 Å². The average molecular weight is 266 g/mol. The van der Waals surface area contributed by atoms with Crippen LogP contribution in [0.4, 0.5) is 0 Å². The summed E-state index contributed by atoms with van der Waals surface area (Å²) in [4.78, 5) is 1.47. The van der Waals surface area contributed by atoms with Gasteiger partial charge in [0.1, 0.15) is 0 Å². The molecule has 0 amide bonds. The van der Waals surface area contributed by atoms with E-state index in [1.165, 1.54) is 39.2 Å². The fraction of sp³-hybridized carbons (Fsp3) is 0.615. The molecular weight excluding hydrogens is 248 g/mol. The Bertz CT molecular complexity index is 529. The van der Waals surface area contributed by atoms with Gasteiger partial charge in [0, 0.05) is 16.8 Å². The van der Waals surface area contributed by atoms with Crippen molar-refractivity contribution < 1.29 is 0 Å². The van der Waals surface area contributed by atoms with Crippen molar-refractivity contribution >= 4 is 32.3 Å². The van der Waals surface area contributed by atoms with E-state index in [4.69, 9.17) is 10.1 Å². The van der Waals surface area contributed by atoms with E-state index in [0.717, 1.165) is 6.54 Å². The van der Waals surface area contributed by atoms with Crippen molar-refractivity contribution in [1.82, 2.24) is 4.37 Å². The van der Waals surface area contributed by atoms with E-state index < -0.39 is 0 Å². The van der Waals surface area contributed by atoms with Gasteiger partial charge in [0.25, 0.3) is 0 Å². The lowest BCUT2D eigenvalue weighted by atomic mass is 9.66. The molecule has 0 spiro atoms. The van der Waals surface area contributed by atoms with E-state index in [0.29, 0.717) is 5.92 Å². The summed E-state index contributed by atoms with van der Waals surface area (Å²) < 4.78 is 7.45. The maximum atomic E-state index is 5.99. The zero-order chi connectivity index (χ0) is 12.0. The largest absolute Gasteiger partial charge is 0.330 e. The molecule has 3 rings (SSSR count). The van der Waals surface area contributed by atoms with Crippen LogP contribution in [-0.2, 0) is 5.41 Å². The van der Waals surface area contributed by atoms with Crippen molar-refractivity contribution in [2.45, 2.75) is 44.4 Å². The average Bonchev–Trinajstić information content (AvgIpc) is 2.78. The monoisotopic (exact) mass is 266 g/mol. The summed E-state index contributed by atoms with van der Waals surface area (Å²) in [6.07, 6.45) is 3.74. The fourth-order valence-electron chi connectivity index (χ4n) is 2.52. The smallest absolute Gasteiger partial charge is 0.0794 e. The quantitative estimate of drug-likeness (QED) is 0.916. The second-order valence-electron chi connectivity index (χ2n) is 5.37. The van der Waals surface area contributed by atoms with Crippen LogP contribution in [0, 0.1) is 0 Å². The second kappa shape index (κ2) is 4.04. The molecule has 2 nitrogen and oxygen atoms in total. The van der Waals surface area contributed by atoms with Gasteiger partial charge in [0.05, 0.1) is 15.1 Å². The summed E-state index contributed by atoms with van der Waals surface area (Å²) in [5.41, 5.74) is 7.49. The van der Waals surface area contributed by atoms with E-state index >= 15 is 0 Å². The predicted molar refractivity (Wildman–Crippen MR) is 76.2 cm³/mol. The minimum atomic E-state index is 0.206. The minimum Gasteiger partial charge on any atom is -0.330 e. The molecule has 4 heteroatoms. The van der Waals surface area contributed by atoms with Gasteiger partial charge < -0.3 is 5.73 Å². The van der Waals surface area contributed by atoms with Crippen molar-refractivity contribution in [3.63, 3.8) is 0 Å². The lowest BCUT2D eigenvalue weighted by Crippen LogP contribution is -2.41. The normalized spacial score (nSPS) is 18.8. The number of aromatic nitrogens is 1. The first-order valence-electron chi connectivity index (χ1n) is 6.26. The highest BCUT2D eigenvalue weighted by atomic mass is 32.1. The van der Waals surface area contributed by atoms with E-state index in [1.807, 2.05) is 11.3 Å². The molecule has 0 radical (unpaired) electrons. The number of hydrogen-bond donors (Lipinski definition) is 1. The molecule has 17 heavy (non-hydrogen) atoms. The van der Waals surface area contributed by atoms with Crippen LogP contribution in [0.2, 0.25) is 0 Å². The molecule has 0 atom stereocenters. The highest BCUT2D eigenvalue weighted by Crippen LogP contribution is 2.48. The van der Waals surface area contributed by atoms with Crippen LogP contribution in [0.3, 0.4) is 0 Å². The Hall–Kier alpha value is -0.450. The Morgan fingerprint density at radius 2 is 2.24 bits per heavy atom. The van der Waals surface area contributed by atoms with Crippen molar-refractivity contribution in [3.05, 3.63) is 16.6 Å². The molecule has 0 bridgehead atoms. The summed E-state index contributed by atoms with van der Waals surface area (Å²) in [7, 11) is 0. The lowest BCUT2D eigenvalue weighted by Gasteiger charge is -2.39. The number of rotatable bonds is 3. The Kier molecular flexibility index (Phi) is 2.76. The summed E-state index contributed by atoms with van der Waals surface area (Å²) >= 11 is 3.57. The van der Waals surface area contributed by atoms with Crippen LogP contribution in [0.15, 0.2) is 6.07 Å². The SMILES string of the molecule is CC(C)c1cc2snc(C3(CN)CCC3)c2s1. The number of fused-ring (bicyclic) bond motifs is 1. The van der Waals surface area contributed by atoms with E-state index in [-0.39, 0.29) is 5.41 Å².